The van der Waals surface area contributed by atoms with E-state index >= 15 is 0 Å². The van der Waals surface area contributed by atoms with Gasteiger partial charge >= 0.3 is 0 Å². The quantitative estimate of drug-likeness (QED) is 0.701. The molecule has 1 aliphatic heterocycles. The van der Waals surface area contributed by atoms with Gasteiger partial charge in [-0.25, -0.2) is 0 Å². The molecule has 29 heavy (non-hydrogen) atoms. The van der Waals surface area contributed by atoms with Gasteiger partial charge < -0.3 is 24.4 Å². The van der Waals surface area contributed by atoms with Crippen molar-refractivity contribution in [3.05, 3.63) is 54.1 Å². The predicted molar refractivity (Wildman–Crippen MR) is 109 cm³/mol. The van der Waals surface area contributed by atoms with Gasteiger partial charge in [0.2, 0.25) is 5.91 Å². The van der Waals surface area contributed by atoms with Crippen molar-refractivity contribution in [2.24, 2.45) is 0 Å². The second kappa shape index (κ2) is 9.93. The molecular weight excluding hydrogens is 372 g/mol. The number of carbonyl (C=O) groups is 2. The van der Waals surface area contributed by atoms with Crippen molar-refractivity contribution in [3.63, 3.8) is 0 Å². The summed E-state index contributed by atoms with van der Waals surface area (Å²) in [6.45, 7) is 3.18. The minimum absolute atomic E-state index is 0.0320. The Bertz CT molecular complexity index is 855. The molecule has 0 aliphatic carbocycles. The van der Waals surface area contributed by atoms with E-state index in [0.717, 1.165) is 11.3 Å². The first-order valence-corrected chi connectivity index (χ1v) is 9.75. The van der Waals surface area contributed by atoms with Crippen LogP contribution in [0.3, 0.4) is 0 Å². The number of nitrogens with zero attached hydrogens (tertiary/aromatic N) is 2. The van der Waals surface area contributed by atoms with Gasteiger partial charge in [0.15, 0.2) is 6.61 Å². The fraction of sp³-hybridized carbons (Fsp3) is 0.364. The number of aliphatic hydroxyl groups excluding tert-OH is 1. The number of ether oxygens (including phenoxy) is 2. The van der Waals surface area contributed by atoms with Crippen molar-refractivity contribution in [1.29, 1.82) is 0 Å². The zero-order valence-electron chi connectivity index (χ0n) is 16.5. The van der Waals surface area contributed by atoms with E-state index in [9.17, 15) is 14.7 Å². The van der Waals surface area contributed by atoms with Crippen LogP contribution in [0.15, 0.2) is 48.5 Å². The fourth-order valence-corrected chi connectivity index (χ4v) is 3.30. The number of aliphatic hydroxyl groups is 1. The number of carbonyl (C=O) groups excluding carboxylic acids is 2. The Labute approximate surface area is 170 Å². The lowest BCUT2D eigenvalue weighted by molar-refractivity contribution is -0.132. The van der Waals surface area contributed by atoms with E-state index in [4.69, 9.17) is 9.47 Å². The van der Waals surface area contributed by atoms with Crippen LogP contribution < -0.4 is 14.4 Å². The minimum atomic E-state index is -0.172. The van der Waals surface area contributed by atoms with Crippen molar-refractivity contribution in [2.45, 2.75) is 19.9 Å². The summed E-state index contributed by atoms with van der Waals surface area (Å²) in [5, 5.41) is 9.39. The van der Waals surface area contributed by atoms with Crippen LogP contribution >= 0.6 is 0 Å². The first-order chi connectivity index (χ1) is 14.1. The zero-order valence-corrected chi connectivity index (χ0v) is 16.5. The Kier molecular flexibility index (Phi) is 7.08. The van der Waals surface area contributed by atoms with Gasteiger partial charge in [-0.05, 0) is 36.8 Å². The molecular formula is C22H26N2O5. The smallest absolute Gasteiger partial charge is 0.265 e. The molecule has 0 saturated heterocycles. The molecule has 0 fully saturated rings. The molecule has 1 heterocycles. The third-order valence-corrected chi connectivity index (χ3v) is 4.66. The van der Waals surface area contributed by atoms with Gasteiger partial charge in [-0.2, -0.15) is 0 Å². The highest BCUT2D eigenvalue weighted by molar-refractivity contribution is 5.98. The number of hydrogen-bond donors (Lipinski definition) is 1. The summed E-state index contributed by atoms with van der Waals surface area (Å²) in [5.74, 6) is 1.09. The molecule has 0 aromatic heterocycles. The number of anilines is 1. The second-order valence-electron chi connectivity index (χ2n) is 6.67. The van der Waals surface area contributed by atoms with E-state index in [1.54, 1.807) is 15.9 Å². The van der Waals surface area contributed by atoms with Crippen LogP contribution in [0, 0.1) is 0 Å². The van der Waals surface area contributed by atoms with Crippen LogP contribution in [0.1, 0.15) is 18.9 Å². The molecule has 0 radical (unpaired) electrons. The average Bonchev–Trinajstić information content (AvgIpc) is 2.73. The Hall–Kier alpha value is -3.06. The van der Waals surface area contributed by atoms with Gasteiger partial charge in [0.25, 0.3) is 5.91 Å². The Balaban J connectivity index is 1.66. The highest BCUT2D eigenvalue weighted by atomic mass is 16.5. The average molecular weight is 398 g/mol. The van der Waals surface area contributed by atoms with Crippen LogP contribution in [0.4, 0.5) is 5.69 Å². The topological polar surface area (TPSA) is 79.3 Å². The Morgan fingerprint density at radius 1 is 1.24 bits per heavy atom. The lowest BCUT2D eigenvalue weighted by Gasteiger charge is -2.30. The largest absolute Gasteiger partial charge is 0.494 e. The summed E-state index contributed by atoms with van der Waals surface area (Å²) >= 11 is 0. The van der Waals surface area contributed by atoms with Gasteiger partial charge in [-0.1, -0.05) is 24.3 Å². The van der Waals surface area contributed by atoms with Crippen molar-refractivity contribution in [3.8, 4) is 11.5 Å². The summed E-state index contributed by atoms with van der Waals surface area (Å²) in [6.07, 6.45) is 0.158. The fourth-order valence-electron chi connectivity index (χ4n) is 3.30. The lowest BCUT2D eigenvalue weighted by Crippen LogP contribution is -2.42. The van der Waals surface area contributed by atoms with E-state index in [-0.39, 0.29) is 44.5 Å². The molecule has 0 spiro atoms. The van der Waals surface area contributed by atoms with E-state index in [1.807, 2.05) is 49.4 Å². The number of rotatable bonds is 9. The Morgan fingerprint density at radius 2 is 2.07 bits per heavy atom. The van der Waals surface area contributed by atoms with Gasteiger partial charge in [0, 0.05) is 26.1 Å². The molecule has 1 aliphatic rings. The number of hydrogen-bond acceptors (Lipinski definition) is 5. The number of fused-ring (bicyclic) bond motifs is 1. The molecule has 3 rings (SSSR count). The third-order valence-electron chi connectivity index (χ3n) is 4.66. The maximum Gasteiger partial charge on any atom is 0.265 e. The maximum atomic E-state index is 12.8. The van der Waals surface area contributed by atoms with Gasteiger partial charge in [0.1, 0.15) is 11.5 Å². The number of amides is 2. The number of para-hydroxylation sites is 2. The molecule has 7 heteroatoms. The van der Waals surface area contributed by atoms with E-state index < -0.39 is 0 Å². The van der Waals surface area contributed by atoms with Crippen LogP contribution in [-0.2, 0) is 16.1 Å². The van der Waals surface area contributed by atoms with Gasteiger partial charge in [0.05, 0.1) is 18.9 Å². The molecule has 2 aromatic carbocycles. The van der Waals surface area contributed by atoms with Crippen molar-refractivity contribution < 1.29 is 24.2 Å². The van der Waals surface area contributed by atoms with Crippen LogP contribution in [-0.4, -0.2) is 54.7 Å². The summed E-state index contributed by atoms with van der Waals surface area (Å²) in [4.78, 5) is 28.3. The molecule has 0 saturated carbocycles. The summed E-state index contributed by atoms with van der Waals surface area (Å²) < 4.78 is 10.9. The van der Waals surface area contributed by atoms with Gasteiger partial charge in [-0.3, -0.25) is 9.59 Å². The van der Waals surface area contributed by atoms with Crippen LogP contribution in [0.25, 0.3) is 0 Å². The minimum Gasteiger partial charge on any atom is -0.494 e. The van der Waals surface area contributed by atoms with Crippen molar-refractivity contribution in [1.82, 2.24) is 4.90 Å². The normalized spacial score (nSPS) is 12.9. The molecule has 0 unspecified atom stereocenters. The van der Waals surface area contributed by atoms with Crippen molar-refractivity contribution in [2.75, 3.05) is 37.8 Å². The molecule has 2 amide bonds. The van der Waals surface area contributed by atoms with Crippen molar-refractivity contribution >= 4 is 17.5 Å². The van der Waals surface area contributed by atoms with E-state index in [1.165, 1.54) is 0 Å². The molecule has 7 nitrogen and oxygen atoms in total. The molecule has 0 atom stereocenters. The molecule has 1 N–H and O–H groups in total. The standard InChI is InChI=1S/C22H26N2O5/c1-2-28-18-7-5-6-17(14-18)15-23(12-13-25)21(26)10-11-24-19-8-3-4-9-20(19)29-16-22(24)27/h3-9,14,25H,2,10-13,15-16H2,1H3. The highest BCUT2D eigenvalue weighted by Gasteiger charge is 2.26. The first-order valence-electron chi connectivity index (χ1n) is 9.75. The zero-order chi connectivity index (χ0) is 20.6. The van der Waals surface area contributed by atoms with E-state index in [0.29, 0.717) is 24.6 Å². The molecule has 154 valence electrons. The van der Waals surface area contributed by atoms with Crippen LogP contribution in [0.5, 0.6) is 11.5 Å². The summed E-state index contributed by atoms with van der Waals surface area (Å²) in [7, 11) is 0. The predicted octanol–water partition coefficient (Wildman–Crippen LogP) is 2.22. The monoisotopic (exact) mass is 398 g/mol. The second-order valence-corrected chi connectivity index (χ2v) is 6.67. The van der Waals surface area contributed by atoms with E-state index in [2.05, 4.69) is 0 Å². The lowest BCUT2D eigenvalue weighted by atomic mass is 10.2. The SMILES string of the molecule is CCOc1cccc(CN(CCO)C(=O)CCN2C(=O)COc3ccccc32)c1. The summed E-state index contributed by atoms with van der Waals surface area (Å²) in [5.41, 5.74) is 1.60. The maximum absolute atomic E-state index is 12.8. The first kappa shape index (κ1) is 20.7. The number of benzene rings is 2. The molecule has 2 aromatic rings. The summed E-state index contributed by atoms with van der Waals surface area (Å²) in [6, 6.07) is 14.8. The Morgan fingerprint density at radius 3 is 2.86 bits per heavy atom. The van der Waals surface area contributed by atoms with Gasteiger partial charge in [-0.15, -0.1) is 0 Å². The third kappa shape index (κ3) is 5.26. The van der Waals surface area contributed by atoms with Crippen LogP contribution in [0.2, 0.25) is 0 Å². The highest BCUT2D eigenvalue weighted by Crippen LogP contribution is 2.31. The molecule has 0 bridgehead atoms.